The van der Waals surface area contributed by atoms with Crippen LogP contribution in [0.15, 0.2) is 24.3 Å². The molecule has 1 aromatic rings. The summed E-state index contributed by atoms with van der Waals surface area (Å²) < 4.78 is 13.2. The molecule has 84 valence electrons. The van der Waals surface area contributed by atoms with Crippen molar-refractivity contribution in [3.63, 3.8) is 0 Å². The summed E-state index contributed by atoms with van der Waals surface area (Å²) in [5.74, 6) is -0.239. The molecule has 0 atom stereocenters. The Morgan fingerprint density at radius 1 is 1.12 bits per heavy atom. The Morgan fingerprint density at radius 3 is 2.38 bits per heavy atom. The van der Waals surface area contributed by atoms with Gasteiger partial charge in [0.2, 0.25) is 0 Å². The van der Waals surface area contributed by atoms with Crippen molar-refractivity contribution in [1.29, 1.82) is 5.26 Å². The lowest BCUT2D eigenvalue weighted by Crippen LogP contribution is -2.23. The molecule has 0 bridgehead atoms. The number of rotatable bonds is 1. The predicted octanol–water partition coefficient (Wildman–Crippen LogP) is 3.94. The Labute approximate surface area is 95.9 Å². The van der Waals surface area contributed by atoms with Gasteiger partial charge in [0.25, 0.3) is 0 Å². The lowest BCUT2D eigenvalue weighted by Gasteiger charge is -2.25. The van der Waals surface area contributed by atoms with Gasteiger partial charge < -0.3 is 0 Å². The first-order valence-corrected chi connectivity index (χ1v) is 5.94. The van der Waals surface area contributed by atoms with Crippen LogP contribution in [0.25, 0.3) is 0 Å². The molecule has 0 aromatic heterocycles. The van der Waals surface area contributed by atoms with Crippen LogP contribution < -0.4 is 0 Å². The van der Waals surface area contributed by atoms with E-state index in [9.17, 15) is 9.65 Å². The molecular formula is C14H16FN. The van der Waals surface area contributed by atoms with Crippen LogP contribution in [0, 0.1) is 17.1 Å². The molecule has 1 aliphatic carbocycles. The minimum atomic E-state index is -0.446. The zero-order valence-electron chi connectivity index (χ0n) is 9.38. The molecule has 0 spiro atoms. The van der Waals surface area contributed by atoms with Crippen molar-refractivity contribution >= 4 is 0 Å². The first kappa shape index (κ1) is 11.1. The summed E-state index contributed by atoms with van der Waals surface area (Å²) in [5.41, 5.74) is 0.412. The van der Waals surface area contributed by atoms with Gasteiger partial charge in [-0.3, -0.25) is 0 Å². The van der Waals surface area contributed by atoms with E-state index in [0.29, 0.717) is 0 Å². The molecule has 1 fully saturated rings. The maximum absolute atomic E-state index is 13.2. The third-order valence-corrected chi connectivity index (χ3v) is 3.55. The molecule has 1 nitrogen and oxygen atoms in total. The van der Waals surface area contributed by atoms with Crippen molar-refractivity contribution in [2.75, 3.05) is 0 Å². The Bertz CT molecular complexity index is 397. The Kier molecular flexibility index (Phi) is 3.24. The maximum atomic E-state index is 13.2. The third-order valence-electron chi connectivity index (χ3n) is 3.55. The van der Waals surface area contributed by atoms with Gasteiger partial charge in [-0.05, 0) is 30.5 Å². The van der Waals surface area contributed by atoms with E-state index in [1.807, 2.05) is 6.07 Å². The zero-order valence-corrected chi connectivity index (χ0v) is 9.38. The third kappa shape index (κ3) is 2.09. The second-order valence-corrected chi connectivity index (χ2v) is 4.62. The van der Waals surface area contributed by atoms with Crippen LogP contribution in [0.1, 0.15) is 44.1 Å². The molecule has 0 aliphatic heterocycles. The number of benzene rings is 1. The highest BCUT2D eigenvalue weighted by atomic mass is 19.1. The number of halogens is 1. The highest BCUT2D eigenvalue weighted by molar-refractivity contribution is 5.33. The quantitative estimate of drug-likeness (QED) is 0.653. The maximum Gasteiger partial charge on any atom is 0.123 e. The smallest absolute Gasteiger partial charge is 0.123 e. The van der Waals surface area contributed by atoms with Crippen LogP contribution in [0.5, 0.6) is 0 Å². The van der Waals surface area contributed by atoms with Crippen LogP contribution in [0.2, 0.25) is 0 Å². The molecular weight excluding hydrogens is 201 g/mol. The SMILES string of the molecule is N#CC1(c2cccc(F)c2)CCCCCC1. The number of hydrogen-bond donors (Lipinski definition) is 0. The fourth-order valence-electron chi connectivity index (χ4n) is 2.58. The summed E-state index contributed by atoms with van der Waals surface area (Å²) in [5, 5.41) is 9.44. The highest BCUT2D eigenvalue weighted by Gasteiger charge is 2.32. The first-order chi connectivity index (χ1) is 7.77. The highest BCUT2D eigenvalue weighted by Crippen LogP contribution is 2.37. The topological polar surface area (TPSA) is 23.8 Å². The second-order valence-electron chi connectivity index (χ2n) is 4.62. The van der Waals surface area contributed by atoms with Gasteiger partial charge in [-0.2, -0.15) is 5.26 Å². The molecule has 2 rings (SSSR count). The normalized spacial score (nSPS) is 19.8. The van der Waals surface area contributed by atoms with Crippen LogP contribution >= 0.6 is 0 Å². The summed E-state index contributed by atoms with van der Waals surface area (Å²) >= 11 is 0. The summed E-state index contributed by atoms with van der Waals surface area (Å²) in [6.45, 7) is 0. The molecule has 1 aromatic carbocycles. The van der Waals surface area contributed by atoms with Crippen LogP contribution in [0.4, 0.5) is 4.39 Å². The minimum Gasteiger partial charge on any atom is -0.207 e. The summed E-state index contributed by atoms with van der Waals surface area (Å²) in [6, 6.07) is 8.98. The van der Waals surface area contributed by atoms with Gasteiger partial charge in [0.15, 0.2) is 0 Å². The van der Waals surface area contributed by atoms with Gasteiger partial charge >= 0.3 is 0 Å². The van der Waals surface area contributed by atoms with Crippen LogP contribution in [-0.4, -0.2) is 0 Å². The molecule has 0 saturated heterocycles. The van der Waals surface area contributed by atoms with Crippen LogP contribution in [0.3, 0.4) is 0 Å². The van der Waals surface area contributed by atoms with Gasteiger partial charge in [-0.1, -0.05) is 37.8 Å². The average Bonchev–Trinajstić information content (AvgIpc) is 2.55. The van der Waals surface area contributed by atoms with E-state index < -0.39 is 5.41 Å². The fourth-order valence-corrected chi connectivity index (χ4v) is 2.58. The molecule has 0 unspecified atom stereocenters. The molecule has 0 radical (unpaired) electrons. The van der Waals surface area contributed by atoms with Crippen molar-refractivity contribution in [2.24, 2.45) is 0 Å². The van der Waals surface area contributed by atoms with Gasteiger partial charge in [0.05, 0.1) is 11.5 Å². The number of nitriles is 1. The number of hydrogen-bond acceptors (Lipinski definition) is 1. The van der Waals surface area contributed by atoms with E-state index in [1.165, 1.54) is 25.0 Å². The summed E-state index contributed by atoms with van der Waals surface area (Å²) in [7, 11) is 0. The Balaban J connectivity index is 2.36. The Morgan fingerprint density at radius 2 is 1.81 bits per heavy atom. The van der Waals surface area contributed by atoms with Gasteiger partial charge in [0.1, 0.15) is 5.82 Å². The van der Waals surface area contributed by atoms with Gasteiger partial charge in [-0.25, -0.2) is 4.39 Å². The van der Waals surface area contributed by atoms with Crippen molar-refractivity contribution in [1.82, 2.24) is 0 Å². The predicted molar refractivity (Wildman–Crippen MR) is 61.4 cm³/mol. The number of nitrogens with zero attached hydrogens (tertiary/aromatic N) is 1. The summed E-state index contributed by atoms with van der Waals surface area (Å²) in [4.78, 5) is 0. The van der Waals surface area contributed by atoms with Gasteiger partial charge in [0, 0.05) is 0 Å². The van der Waals surface area contributed by atoms with Crippen molar-refractivity contribution in [2.45, 2.75) is 43.9 Å². The second kappa shape index (κ2) is 4.65. The van der Waals surface area contributed by atoms with E-state index >= 15 is 0 Å². The standard InChI is InChI=1S/C14H16FN/c15-13-7-5-6-12(10-13)14(11-16)8-3-1-2-4-9-14/h5-7,10H,1-4,8-9H2. The van der Waals surface area contributed by atoms with E-state index in [1.54, 1.807) is 6.07 Å². The van der Waals surface area contributed by atoms with E-state index in [0.717, 1.165) is 31.2 Å². The first-order valence-electron chi connectivity index (χ1n) is 5.94. The monoisotopic (exact) mass is 217 g/mol. The average molecular weight is 217 g/mol. The molecule has 0 N–H and O–H groups in total. The van der Waals surface area contributed by atoms with E-state index in [-0.39, 0.29) is 5.82 Å². The zero-order chi connectivity index (χ0) is 11.4. The van der Waals surface area contributed by atoms with E-state index in [4.69, 9.17) is 0 Å². The lowest BCUT2D eigenvalue weighted by molar-refractivity contribution is 0.471. The van der Waals surface area contributed by atoms with E-state index in [2.05, 4.69) is 6.07 Å². The lowest BCUT2D eigenvalue weighted by atomic mass is 9.76. The fraction of sp³-hybridized carbons (Fsp3) is 0.500. The molecule has 0 amide bonds. The van der Waals surface area contributed by atoms with Crippen molar-refractivity contribution in [3.05, 3.63) is 35.6 Å². The van der Waals surface area contributed by atoms with Crippen LogP contribution in [-0.2, 0) is 5.41 Å². The largest absolute Gasteiger partial charge is 0.207 e. The molecule has 0 heterocycles. The molecule has 1 saturated carbocycles. The molecule has 16 heavy (non-hydrogen) atoms. The van der Waals surface area contributed by atoms with Crippen molar-refractivity contribution < 1.29 is 4.39 Å². The van der Waals surface area contributed by atoms with Crippen molar-refractivity contribution in [3.8, 4) is 6.07 Å². The summed E-state index contributed by atoms with van der Waals surface area (Å²) in [6.07, 6.45) is 6.27. The Hall–Kier alpha value is -1.36. The molecule has 2 heteroatoms. The molecule has 1 aliphatic rings. The minimum absolute atomic E-state index is 0.239. The van der Waals surface area contributed by atoms with Gasteiger partial charge in [-0.15, -0.1) is 0 Å².